The summed E-state index contributed by atoms with van der Waals surface area (Å²) >= 11 is 0. The van der Waals surface area contributed by atoms with Gasteiger partial charge in [0.05, 0.1) is 5.60 Å². The molecule has 86 valence electrons. The third kappa shape index (κ3) is 11.9. The fourth-order valence-corrected chi connectivity index (χ4v) is 1.26. The summed E-state index contributed by atoms with van der Waals surface area (Å²) in [7, 11) is 4.26. The predicted octanol–water partition coefficient (Wildman–Crippen LogP) is 2.92. The Bertz CT molecular complexity index is 127. The van der Waals surface area contributed by atoms with E-state index in [0.717, 1.165) is 6.61 Å². The van der Waals surface area contributed by atoms with Gasteiger partial charge >= 0.3 is 0 Å². The zero-order valence-corrected chi connectivity index (χ0v) is 10.6. The van der Waals surface area contributed by atoms with Crippen molar-refractivity contribution < 1.29 is 4.74 Å². The molecular formula is C12H27NO. The second kappa shape index (κ2) is 7.24. The lowest BCUT2D eigenvalue weighted by Gasteiger charge is -2.19. The maximum Gasteiger partial charge on any atom is 0.0598 e. The van der Waals surface area contributed by atoms with Gasteiger partial charge in [0.25, 0.3) is 0 Å². The average molecular weight is 201 g/mol. The molecule has 0 aliphatic heterocycles. The first-order valence-corrected chi connectivity index (χ1v) is 5.70. The summed E-state index contributed by atoms with van der Waals surface area (Å²) in [5.74, 6) is 0. The first-order valence-electron chi connectivity index (χ1n) is 5.70. The van der Waals surface area contributed by atoms with Crippen molar-refractivity contribution in [2.75, 3.05) is 27.2 Å². The highest BCUT2D eigenvalue weighted by Gasteiger charge is 2.08. The maximum absolute atomic E-state index is 5.65. The van der Waals surface area contributed by atoms with Crippen molar-refractivity contribution in [1.29, 1.82) is 0 Å². The molecule has 0 rings (SSSR count). The van der Waals surface area contributed by atoms with E-state index in [4.69, 9.17) is 4.74 Å². The summed E-state index contributed by atoms with van der Waals surface area (Å²) in [5, 5.41) is 0. The zero-order valence-electron chi connectivity index (χ0n) is 10.6. The van der Waals surface area contributed by atoms with E-state index in [0.29, 0.717) is 0 Å². The molecule has 0 saturated heterocycles. The van der Waals surface area contributed by atoms with Gasteiger partial charge in [-0.05, 0) is 54.3 Å². The molecule has 0 aromatic rings. The summed E-state index contributed by atoms with van der Waals surface area (Å²) in [4.78, 5) is 2.24. The van der Waals surface area contributed by atoms with Gasteiger partial charge in [0.2, 0.25) is 0 Å². The molecular weight excluding hydrogens is 174 g/mol. The van der Waals surface area contributed by atoms with Crippen LogP contribution in [0.3, 0.4) is 0 Å². The number of ether oxygens (including phenoxy) is 1. The van der Waals surface area contributed by atoms with Crippen molar-refractivity contribution in [2.45, 2.75) is 52.1 Å². The third-order valence-corrected chi connectivity index (χ3v) is 2.03. The van der Waals surface area contributed by atoms with E-state index in [1.54, 1.807) is 0 Å². The molecule has 14 heavy (non-hydrogen) atoms. The fourth-order valence-electron chi connectivity index (χ4n) is 1.26. The summed E-state index contributed by atoms with van der Waals surface area (Å²) in [6.45, 7) is 8.45. The van der Waals surface area contributed by atoms with E-state index >= 15 is 0 Å². The summed E-state index contributed by atoms with van der Waals surface area (Å²) in [6.07, 6.45) is 5.13. The summed E-state index contributed by atoms with van der Waals surface area (Å²) in [6, 6.07) is 0. The first-order chi connectivity index (χ1) is 6.42. The molecule has 2 heteroatoms. The van der Waals surface area contributed by atoms with Gasteiger partial charge in [0.15, 0.2) is 0 Å². The van der Waals surface area contributed by atoms with Crippen LogP contribution in [0.25, 0.3) is 0 Å². The highest BCUT2D eigenvalue weighted by molar-refractivity contribution is 4.58. The smallest absolute Gasteiger partial charge is 0.0598 e. The molecule has 2 nitrogen and oxygen atoms in total. The summed E-state index contributed by atoms with van der Waals surface area (Å²) < 4.78 is 5.65. The van der Waals surface area contributed by atoms with Crippen LogP contribution < -0.4 is 0 Å². The molecule has 0 spiro atoms. The standard InChI is InChI=1S/C12H27NO/c1-12(2,3)14-11-9-7-6-8-10-13(4)5/h6-11H2,1-5H3. The Morgan fingerprint density at radius 3 is 2.00 bits per heavy atom. The lowest BCUT2D eigenvalue weighted by Crippen LogP contribution is -2.19. The van der Waals surface area contributed by atoms with E-state index in [9.17, 15) is 0 Å². The van der Waals surface area contributed by atoms with Crippen LogP contribution in [0.2, 0.25) is 0 Å². The monoisotopic (exact) mass is 201 g/mol. The van der Waals surface area contributed by atoms with Crippen molar-refractivity contribution in [3.05, 3.63) is 0 Å². The van der Waals surface area contributed by atoms with E-state index in [1.165, 1.54) is 32.2 Å². The topological polar surface area (TPSA) is 12.5 Å². The van der Waals surface area contributed by atoms with E-state index < -0.39 is 0 Å². The van der Waals surface area contributed by atoms with Gasteiger partial charge < -0.3 is 9.64 Å². The minimum absolute atomic E-state index is 0.0314. The van der Waals surface area contributed by atoms with Gasteiger partial charge in [0, 0.05) is 6.61 Å². The van der Waals surface area contributed by atoms with Crippen LogP contribution in [0.15, 0.2) is 0 Å². The fraction of sp³-hybridized carbons (Fsp3) is 1.00. The van der Waals surface area contributed by atoms with Gasteiger partial charge in [-0.3, -0.25) is 0 Å². The number of unbranched alkanes of at least 4 members (excludes halogenated alkanes) is 3. The maximum atomic E-state index is 5.65. The Morgan fingerprint density at radius 1 is 0.929 bits per heavy atom. The van der Waals surface area contributed by atoms with E-state index in [2.05, 4.69) is 39.8 Å². The van der Waals surface area contributed by atoms with Gasteiger partial charge in [-0.1, -0.05) is 12.8 Å². The van der Waals surface area contributed by atoms with Crippen LogP contribution in [0.1, 0.15) is 46.5 Å². The molecule has 0 unspecified atom stereocenters. The zero-order chi connectivity index (χ0) is 11.0. The Morgan fingerprint density at radius 2 is 1.50 bits per heavy atom. The van der Waals surface area contributed by atoms with Crippen molar-refractivity contribution >= 4 is 0 Å². The molecule has 0 radical (unpaired) electrons. The highest BCUT2D eigenvalue weighted by atomic mass is 16.5. The van der Waals surface area contributed by atoms with Crippen LogP contribution in [0.5, 0.6) is 0 Å². The van der Waals surface area contributed by atoms with Crippen LogP contribution >= 0.6 is 0 Å². The van der Waals surface area contributed by atoms with Crippen LogP contribution in [-0.2, 0) is 4.74 Å². The second-order valence-corrected chi connectivity index (χ2v) is 5.18. The Hall–Kier alpha value is -0.0800. The van der Waals surface area contributed by atoms with Crippen molar-refractivity contribution in [3.8, 4) is 0 Å². The third-order valence-electron chi connectivity index (χ3n) is 2.03. The molecule has 0 bridgehead atoms. The second-order valence-electron chi connectivity index (χ2n) is 5.18. The summed E-state index contributed by atoms with van der Waals surface area (Å²) in [5.41, 5.74) is 0.0314. The molecule has 0 saturated carbocycles. The number of hydrogen-bond acceptors (Lipinski definition) is 2. The number of rotatable bonds is 7. The Balaban J connectivity index is 3.07. The normalized spacial score (nSPS) is 12.4. The van der Waals surface area contributed by atoms with Crippen molar-refractivity contribution in [1.82, 2.24) is 4.90 Å². The van der Waals surface area contributed by atoms with Crippen LogP contribution in [-0.4, -0.2) is 37.7 Å². The molecule has 0 heterocycles. The van der Waals surface area contributed by atoms with Gasteiger partial charge in [-0.25, -0.2) is 0 Å². The van der Waals surface area contributed by atoms with E-state index in [1.807, 2.05) is 0 Å². The molecule has 0 aliphatic rings. The average Bonchev–Trinajstić information content (AvgIpc) is 2.00. The number of hydrogen-bond donors (Lipinski definition) is 0. The van der Waals surface area contributed by atoms with Gasteiger partial charge in [0.1, 0.15) is 0 Å². The largest absolute Gasteiger partial charge is 0.376 e. The quantitative estimate of drug-likeness (QED) is 0.587. The van der Waals surface area contributed by atoms with Crippen LogP contribution in [0.4, 0.5) is 0 Å². The van der Waals surface area contributed by atoms with Gasteiger partial charge in [-0.2, -0.15) is 0 Å². The molecule has 0 amide bonds. The van der Waals surface area contributed by atoms with Crippen molar-refractivity contribution in [2.24, 2.45) is 0 Å². The minimum atomic E-state index is 0.0314. The predicted molar refractivity (Wildman–Crippen MR) is 62.7 cm³/mol. The van der Waals surface area contributed by atoms with Crippen LogP contribution in [0, 0.1) is 0 Å². The van der Waals surface area contributed by atoms with Crippen molar-refractivity contribution in [3.63, 3.8) is 0 Å². The minimum Gasteiger partial charge on any atom is -0.376 e. The molecule has 0 aromatic carbocycles. The molecule has 0 aromatic heterocycles. The van der Waals surface area contributed by atoms with Gasteiger partial charge in [-0.15, -0.1) is 0 Å². The molecule has 0 atom stereocenters. The molecule has 0 aliphatic carbocycles. The number of nitrogens with zero attached hydrogens (tertiary/aromatic N) is 1. The highest BCUT2D eigenvalue weighted by Crippen LogP contribution is 2.08. The Kier molecular flexibility index (Phi) is 7.20. The molecule has 0 N–H and O–H groups in total. The SMILES string of the molecule is CN(C)CCCCCCOC(C)(C)C. The first kappa shape index (κ1) is 13.9. The van der Waals surface area contributed by atoms with E-state index in [-0.39, 0.29) is 5.60 Å². The lowest BCUT2D eigenvalue weighted by atomic mass is 10.1. The Labute approximate surface area is 89.6 Å². The molecule has 0 fully saturated rings. The lowest BCUT2D eigenvalue weighted by molar-refractivity contribution is -0.00476.